The average molecular weight is 741 g/mol. The number of piperidine rings is 2. The van der Waals surface area contributed by atoms with Gasteiger partial charge in [-0.3, -0.25) is 29.2 Å². The lowest BCUT2D eigenvalue weighted by atomic mass is 9.92. The zero-order valence-corrected chi connectivity index (χ0v) is 30.9. The molecule has 2 aromatic carbocycles. The first-order chi connectivity index (χ1) is 25.4. The zero-order valence-electron chi connectivity index (χ0n) is 30.1. The van der Waals surface area contributed by atoms with Crippen molar-refractivity contribution in [2.75, 3.05) is 42.4 Å². The van der Waals surface area contributed by atoms with Crippen LogP contribution < -0.4 is 36.0 Å². The first kappa shape index (κ1) is 35.7. The first-order valence-corrected chi connectivity index (χ1v) is 17.9. The van der Waals surface area contributed by atoms with E-state index in [0.29, 0.717) is 46.5 Å². The van der Waals surface area contributed by atoms with E-state index in [1.165, 1.54) is 11.6 Å². The molecule has 0 aliphatic carbocycles. The first-order valence-electron chi connectivity index (χ1n) is 17.5. The van der Waals surface area contributed by atoms with Gasteiger partial charge in [-0.15, -0.1) is 0 Å². The minimum Gasteiger partial charge on any atom is -0.478 e. The summed E-state index contributed by atoms with van der Waals surface area (Å²) in [5.74, 6) is -0.270. The lowest BCUT2D eigenvalue weighted by molar-refractivity contribution is -0.134. The number of fused-ring (bicyclic) bond motifs is 2. The Bertz CT molecular complexity index is 2320. The van der Waals surface area contributed by atoms with Gasteiger partial charge in [0.05, 0.1) is 28.8 Å². The molecule has 2 fully saturated rings. The molecule has 7 rings (SSSR count). The number of pyridine rings is 1. The number of imide groups is 1. The molecule has 3 N–H and O–H groups in total. The minimum atomic E-state index is -0.446. The van der Waals surface area contributed by atoms with E-state index < -0.39 is 5.92 Å². The van der Waals surface area contributed by atoms with Crippen LogP contribution in [0.5, 0.6) is 5.75 Å². The number of aryl methyl sites for hydroxylation is 2. The highest BCUT2D eigenvalue weighted by molar-refractivity contribution is 6.33. The van der Waals surface area contributed by atoms with E-state index in [1.807, 2.05) is 43.0 Å². The summed E-state index contributed by atoms with van der Waals surface area (Å²) in [7, 11) is 7.03. The fourth-order valence-corrected chi connectivity index (χ4v) is 7.45. The van der Waals surface area contributed by atoms with Gasteiger partial charge in [0, 0.05) is 75.4 Å². The fraction of sp³-hybridized carbons (Fsp3) is 0.378. The molecule has 0 bridgehead atoms. The third-order valence-electron chi connectivity index (χ3n) is 10.3. The molecule has 16 heteroatoms. The van der Waals surface area contributed by atoms with Crippen LogP contribution in [-0.4, -0.2) is 81.4 Å². The molecule has 3 aromatic heterocycles. The average Bonchev–Trinajstić information content (AvgIpc) is 3.47. The molecule has 5 heterocycles. The van der Waals surface area contributed by atoms with E-state index in [9.17, 15) is 19.2 Å². The molecule has 1 unspecified atom stereocenters. The normalized spacial score (nSPS) is 19.0. The molecular weight excluding hydrogens is 700 g/mol. The summed E-state index contributed by atoms with van der Waals surface area (Å²) >= 11 is 6.58. The third-order valence-corrected chi connectivity index (χ3v) is 10.6. The molecule has 2 saturated heterocycles. The number of carbonyl (C=O) groups is 3. The standard InChI is InChI=1S/C37H41ClN10O5/c1-20-14-23(12-13-48(20)24-7-8-25-29(17-24)47(5)44-33(25)26-9-11-31(49)42-35(26)51)45(3)37-40-18-27(38)34(43-37)41-22-6-10-28-21(15-22)16-30(36(52)46(28)4)53-19-32(50)39-2/h6-8,10,15-18,20,23,26H,9,11-14,19H2,1-5H3,(H,39,50)(H,40,41,43)(H,42,49,51)/t20-,23+,26?/m1/s1. The number of hydrogen-bond acceptors (Lipinski definition) is 11. The number of nitrogens with one attached hydrogen (secondary N) is 3. The lowest BCUT2D eigenvalue weighted by Gasteiger charge is -2.42. The van der Waals surface area contributed by atoms with Crippen molar-refractivity contribution < 1.29 is 19.1 Å². The van der Waals surface area contributed by atoms with Crippen molar-refractivity contribution in [3.8, 4) is 5.75 Å². The lowest BCUT2D eigenvalue weighted by Crippen LogP contribution is -2.48. The highest BCUT2D eigenvalue weighted by Crippen LogP contribution is 2.35. The molecule has 3 atom stereocenters. The van der Waals surface area contributed by atoms with Crippen molar-refractivity contribution >= 4 is 74.3 Å². The van der Waals surface area contributed by atoms with E-state index in [0.717, 1.165) is 41.4 Å². The Kier molecular flexibility index (Phi) is 9.68. The SMILES string of the molecule is CNC(=O)COc1cc2cc(Nc3nc(N(C)[C@H]4CCN(c5ccc6c(C7CCC(=O)NC7=O)nn(C)c6c5)[C@H](C)C4)ncc3Cl)ccc2n(C)c1=O. The van der Waals surface area contributed by atoms with Crippen LogP contribution >= 0.6 is 11.6 Å². The minimum absolute atomic E-state index is 0.0708. The molecule has 5 aromatic rings. The van der Waals surface area contributed by atoms with Gasteiger partial charge in [-0.1, -0.05) is 11.6 Å². The van der Waals surface area contributed by atoms with E-state index in [1.54, 1.807) is 19.3 Å². The largest absolute Gasteiger partial charge is 0.478 e. The molecule has 3 amide bonds. The number of anilines is 4. The number of aromatic nitrogens is 5. The van der Waals surface area contributed by atoms with Crippen molar-refractivity contribution in [3.63, 3.8) is 0 Å². The molecule has 2 aliphatic rings. The van der Waals surface area contributed by atoms with Gasteiger partial charge in [-0.05, 0) is 68.7 Å². The predicted molar refractivity (Wildman–Crippen MR) is 203 cm³/mol. The Balaban J connectivity index is 1.05. The molecule has 276 valence electrons. The number of halogens is 1. The number of hydrogen-bond donors (Lipinski definition) is 3. The van der Waals surface area contributed by atoms with E-state index >= 15 is 0 Å². The molecule has 15 nitrogen and oxygen atoms in total. The van der Waals surface area contributed by atoms with Crippen molar-refractivity contribution in [2.45, 2.75) is 50.6 Å². The second-order valence-corrected chi connectivity index (χ2v) is 14.1. The van der Waals surface area contributed by atoms with Crippen LogP contribution in [0.3, 0.4) is 0 Å². The monoisotopic (exact) mass is 740 g/mol. The van der Waals surface area contributed by atoms with Gasteiger partial charge in [0.15, 0.2) is 18.2 Å². The van der Waals surface area contributed by atoms with E-state index in [4.69, 9.17) is 26.4 Å². The third kappa shape index (κ3) is 6.95. The van der Waals surface area contributed by atoms with Crippen LogP contribution in [-0.2, 0) is 28.5 Å². The number of ether oxygens (including phenoxy) is 1. The van der Waals surface area contributed by atoms with Crippen molar-refractivity contribution in [3.05, 3.63) is 69.7 Å². The maximum Gasteiger partial charge on any atom is 0.293 e. The fourth-order valence-electron chi connectivity index (χ4n) is 7.31. The molecule has 0 saturated carbocycles. The summed E-state index contributed by atoms with van der Waals surface area (Å²) in [5.41, 5.74) is 3.77. The van der Waals surface area contributed by atoms with Gasteiger partial charge in [0.2, 0.25) is 17.8 Å². The van der Waals surface area contributed by atoms with E-state index in [-0.39, 0.29) is 47.7 Å². The summed E-state index contributed by atoms with van der Waals surface area (Å²) in [6, 6.07) is 13.8. The number of carbonyl (C=O) groups excluding carboxylic acids is 3. The van der Waals surface area contributed by atoms with Gasteiger partial charge in [-0.25, -0.2) is 4.98 Å². The summed E-state index contributed by atoms with van der Waals surface area (Å²) in [6.45, 7) is 2.75. The summed E-state index contributed by atoms with van der Waals surface area (Å²) in [6.07, 6.45) is 4.08. The zero-order chi connectivity index (χ0) is 37.6. The number of amides is 3. The van der Waals surface area contributed by atoms with Gasteiger partial charge in [0.1, 0.15) is 5.02 Å². The Morgan fingerprint density at radius 1 is 1.09 bits per heavy atom. The highest BCUT2D eigenvalue weighted by Gasteiger charge is 2.33. The van der Waals surface area contributed by atoms with Crippen LogP contribution in [0.1, 0.15) is 44.2 Å². The number of benzene rings is 2. The van der Waals surface area contributed by atoms with Gasteiger partial charge < -0.3 is 29.7 Å². The molecule has 0 spiro atoms. The van der Waals surface area contributed by atoms with E-state index in [2.05, 4.69) is 49.8 Å². The van der Waals surface area contributed by atoms with Crippen LogP contribution in [0.2, 0.25) is 5.02 Å². The Morgan fingerprint density at radius 2 is 1.91 bits per heavy atom. The smallest absolute Gasteiger partial charge is 0.293 e. The highest BCUT2D eigenvalue weighted by atomic mass is 35.5. The summed E-state index contributed by atoms with van der Waals surface area (Å²) in [4.78, 5) is 62.7. The van der Waals surface area contributed by atoms with Crippen molar-refractivity contribution in [2.24, 2.45) is 14.1 Å². The maximum absolute atomic E-state index is 12.8. The van der Waals surface area contributed by atoms with Gasteiger partial charge in [-0.2, -0.15) is 10.1 Å². The maximum atomic E-state index is 12.8. The molecule has 2 aliphatic heterocycles. The summed E-state index contributed by atoms with van der Waals surface area (Å²) < 4.78 is 8.80. The van der Waals surface area contributed by atoms with Crippen LogP contribution in [0, 0.1) is 0 Å². The number of likely N-dealkylation sites (N-methyl/N-ethyl adjacent to an activating group) is 1. The second kappa shape index (κ2) is 14.4. The van der Waals surface area contributed by atoms with Gasteiger partial charge in [0.25, 0.3) is 11.5 Å². The van der Waals surface area contributed by atoms with Crippen LogP contribution in [0.25, 0.3) is 21.8 Å². The number of nitrogens with zero attached hydrogens (tertiary/aromatic N) is 7. The predicted octanol–water partition coefficient (Wildman–Crippen LogP) is 3.75. The Morgan fingerprint density at radius 3 is 2.66 bits per heavy atom. The molecule has 0 radical (unpaired) electrons. The quantitative estimate of drug-likeness (QED) is 0.188. The van der Waals surface area contributed by atoms with Gasteiger partial charge >= 0.3 is 0 Å². The summed E-state index contributed by atoms with van der Waals surface area (Å²) in [5, 5.41) is 14.9. The Labute approximate surface area is 310 Å². The van der Waals surface area contributed by atoms with Crippen LogP contribution in [0.15, 0.2) is 53.5 Å². The Hall–Kier alpha value is -5.70. The molecule has 53 heavy (non-hydrogen) atoms. The van der Waals surface area contributed by atoms with Crippen LogP contribution in [0.4, 0.5) is 23.1 Å². The van der Waals surface area contributed by atoms with Crippen molar-refractivity contribution in [1.82, 2.24) is 34.9 Å². The van der Waals surface area contributed by atoms with Crippen molar-refractivity contribution in [1.29, 1.82) is 0 Å². The second-order valence-electron chi connectivity index (χ2n) is 13.6. The number of rotatable bonds is 9. The molecular formula is C37H41ClN10O5. The topological polar surface area (TPSA) is 169 Å².